The molecule has 3 rings (SSSR count). The van der Waals surface area contributed by atoms with E-state index >= 15 is 0 Å². The van der Waals surface area contributed by atoms with Crippen LogP contribution in [0.4, 0.5) is 0 Å². The molecule has 2 heteroatoms. The maximum absolute atomic E-state index is 10.2. The highest BCUT2D eigenvalue weighted by atomic mass is 16.3. The molecular weight excluding hydrogens is 258 g/mol. The number of rotatable bonds is 5. The minimum Gasteiger partial charge on any atom is -0.387 e. The Kier molecular flexibility index (Phi) is 4.37. The van der Waals surface area contributed by atoms with Crippen molar-refractivity contribution in [2.45, 2.75) is 38.3 Å². The predicted molar refractivity (Wildman–Crippen MR) is 86.3 cm³/mol. The van der Waals surface area contributed by atoms with E-state index in [0.717, 1.165) is 5.56 Å². The summed E-state index contributed by atoms with van der Waals surface area (Å²) in [6, 6.07) is 16.9. The molecule has 2 nitrogen and oxygen atoms in total. The maximum atomic E-state index is 10.2. The molecule has 0 aliphatic heterocycles. The highest BCUT2D eigenvalue weighted by molar-refractivity contribution is 5.36. The van der Waals surface area contributed by atoms with Crippen molar-refractivity contribution in [2.24, 2.45) is 0 Å². The van der Waals surface area contributed by atoms with Gasteiger partial charge in [-0.1, -0.05) is 48.5 Å². The first-order chi connectivity index (χ1) is 10.2. The summed E-state index contributed by atoms with van der Waals surface area (Å²) >= 11 is 0. The van der Waals surface area contributed by atoms with Gasteiger partial charge in [-0.3, -0.25) is 0 Å². The van der Waals surface area contributed by atoms with Crippen molar-refractivity contribution in [1.29, 1.82) is 0 Å². The van der Waals surface area contributed by atoms with Gasteiger partial charge in [0.25, 0.3) is 0 Å². The summed E-state index contributed by atoms with van der Waals surface area (Å²) in [5.74, 6) is 0. The van der Waals surface area contributed by atoms with Crippen molar-refractivity contribution >= 4 is 0 Å². The van der Waals surface area contributed by atoms with Crippen LogP contribution in [0.15, 0.2) is 48.5 Å². The van der Waals surface area contributed by atoms with Gasteiger partial charge < -0.3 is 10.4 Å². The fourth-order valence-corrected chi connectivity index (χ4v) is 3.06. The molecule has 0 saturated heterocycles. The molecule has 2 aromatic rings. The van der Waals surface area contributed by atoms with E-state index in [9.17, 15) is 5.11 Å². The molecule has 0 fully saturated rings. The standard InChI is InChI=1S/C19H23NO/c1-14(17-11-10-15-8-5-9-18(15)12-17)20-13-19(21)16-6-3-2-4-7-16/h2-4,6-7,10-12,14,19-21H,5,8-9,13H2,1H3. The molecule has 0 saturated carbocycles. The number of benzene rings is 2. The highest BCUT2D eigenvalue weighted by Crippen LogP contribution is 2.25. The molecule has 2 unspecified atom stereocenters. The average molecular weight is 281 g/mol. The van der Waals surface area contributed by atoms with Crippen LogP contribution in [0.2, 0.25) is 0 Å². The van der Waals surface area contributed by atoms with Gasteiger partial charge in [0, 0.05) is 12.6 Å². The van der Waals surface area contributed by atoms with E-state index in [4.69, 9.17) is 0 Å². The van der Waals surface area contributed by atoms with Crippen molar-refractivity contribution in [2.75, 3.05) is 6.54 Å². The molecule has 2 aromatic carbocycles. The van der Waals surface area contributed by atoms with E-state index in [2.05, 4.69) is 30.4 Å². The van der Waals surface area contributed by atoms with Crippen LogP contribution in [0.1, 0.15) is 47.7 Å². The summed E-state index contributed by atoms with van der Waals surface area (Å²) in [5, 5.41) is 13.6. The Morgan fingerprint density at radius 3 is 2.57 bits per heavy atom. The van der Waals surface area contributed by atoms with Crippen molar-refractivity contribution in [3.05, 3.63) is 70.8 Å². The molecule has 0 aromatic heterocycles. The van der Waals surface area contributed by atoms with E-state index in [0.29, 0.717) is 6.54 Å². The molecule has 0 bridgehead atoms. The minimum absolute atomic E-state index is 0.259. The van der Waals surface area contributed by atoms with Crippen LogP contribution in [0.5, 0.6) is 0 Å². The van der Waals surface area contributed by atoms with E-state index < -0.39 is 6.10 Å². The van der Waals surface area contributed by atoms with Gasteiger partial charge in [0.1, 0.15) is 0 Å². The van der Waals surface area contributed by atoms with Gasteiger partial charge in [0.05, 0.1) is 6.10 Å². The third kappa shape index (κ3) is 3.34. The van der Waals surface area contributed by atoms with Gasteiger partial charge >= 0.3 is 0 Å². The van der Waals surface area contributed by atoms with Crippen LogP contribution < -0.4 is 5.32 Å². The zero-order chi connectivity index (χ0) is 14.7. The number of hydrogen-bond donors (Lipinski definition) is 2. The van der Waals surface area contributed by atoms with Crippen LogP contribution in [-0.4, -0.2) is 11.7 Å². The smallest absolute Gasteiger partial charge is 0.0914 e. The second-order valence-corrected chi connectivity index (χ2v) is 5.94. The van der Waals surface area contributed by atoms with Crippen LogP contribution in [0, 0.1) is 0 Å². The summed E-state index contributed by atoms with van der Waals surface area (Å²) in [7, 11) is 0. The van der Waals surface area contributed by atoms with Crippen molar-refractivity contribution in [3.63, 3.8) is 0 Å². The Hall–Kier alpha value is -1.64. The molecule has 1 aliphatic rings. The molecule has 110 valence electrons. The summed E-state index contributed by atoms with van der Waals surface area (Å²) in [6.07, 6.45) is 3.27. The highest BCUT2D eigenvalue weighted by Gasteiger charge is 2.14. The Morgan fingerprint density at radius 2 is 1.76 bits per heavy atom. The average Bonchev–Trinajstić information content (AvgIpc) is 3.00. The largest absolute Gasteiger partial charge is 0.387 e. The lowest BCUT2D eigenvalue weighted by atomic mass is 10.0. The maximum Gasteiger partial charge on any atom is 0.0914 e. The number of aliphatic hydroxyl groups excluding tert-OH is 1. The van der Waals surface area contributed by atoms with Gasteiger partial charge in [0.2, 0.25) is 0 Å². The van der Waals surface area contributed by atoms with E-state index in [-0.39, 0.29) is 6.04 Å². The molecule has 21 heavy (non-hydrogen) atoms. The molecule has 1 aliphatic carbocycles. The van der Waals surface area contributed by atoms with E-state index in [1.54, 1.807) is 0 Å². The van der Waals surface area contributed by atoms with Gasteiger partial charge in [-0.2, -0.15) is 0 Å². The van der Waals surface area contributed by atoms with Gasteiger partial charge in [-0.25, -0.2) is 0 Å². The molecule has 0 radical (unpaired) electrons. The van der Waals surface area contributed by atoms with Crippen molar-refractivity contribution in [1.82, 2.24) is 5.32 Å². The first kappa shape index (κ1) is 14.3. The SMILES string of the molecule is CC(NCC(O)c1ccccc1)c1ccc2c(c1)CCC2. The lowest BCUT2D eigenvalue weighted by Crippen LogP contribution is -2.24. The summed E-state index contributed by atoms with van der Waals surface area (Å²) in [6.45, 7) is 2.73. The monoisotopic (exact) mass is 281 g/mol. The Bertz CT molecular complexity index is 594. The third-order valence-corrected chi connectivity index (χ3v) is 4.42. The third-order valence-electron chi connectivity index (χ3n) is 4.42. The molecule has 0 amide bonds. The second kappa shape index (κ2) is 6.42. The quantitative estimate of drug-likeness (QED) is 0.878. The number of fused-ring (bicyclic) bond motifs is 1. The summed E-state index contributed by atoms with van der Waals surface area (Å²) in [4.78, 5) is 0. The van der Waals surface area contributed by atoms with Gasteiger partial charge in [0.15, 0.2) is 0 Å². The molecule has 0 heterocycles. The fraction of sp³-hybridized carbons (Fsp3) is 0.368. The van der Waals surface area contributed by atoms with Gasteiger partial charge in [-0.15, -0.1) is 0 Å². The fourth-order valence-electron chi connectivity index (χ4n) is 3.06. The first-order valence-corrected chi connectivity index (χ1v) is 7.82. The van der Waals surface area contributed by atoms with E-state index in [1.807, 2.05) is 30.3 Å². The second-order valence-electron chi connectivity index (χ2n) is 5.94. The van der Waals surface area contributed by atoms with Crippen LogP contribution in [0.25, 0.3) is 0 Å². The Labute approximate surface area is 126 Å². The summed E-state index contributed by atoms with van der Waals surface area (Å²) < 4.78 is 0. The number of hydrogen-bond acceptors (Lipinski definition) is 2. The number of aryl methyl sites for hydroxylation is 2. The Balaban J connectivity index is 1.60. The molecule has 2 atom stereocenters. The lowest BCUT2D eigenvalue weighted by molar-refractivity contribution is 0.171. The zero-order valence-electron chi connectivity index (χ0n) is 12.5. The van der Waals surface area contributed by atoms with Crippen molar-refractivity contribution < 1.29 is 5.11 Å². The first-order valence-electron chi connectivity index (χ1n) is 7.82. The lowest BCUT2D eigenvalue weighted by Gasteiger charge is -2.18. The van der Waals surface area contributed by atoms with Crippen LogP contribution in [0.3, 0.4) is 0 Å². The topological polar surface area (TPSA) is 32.3 Å². The van der Waals surface area contributed by atoms with Crippen molar-refractivity contribution in [3.8, 4) is 0 Å². The molecule has 0 spiro atoms. The van der Waals surface area contributed by atoms with E-state index in [1.165, 1.54) is 36.0 Å². The molecular formula is C19H23NO. The van der Waals surface area contributed by atoms with Gasteiger partial charge in [-0.05, 0) is 48.4 Å². The Morgan fingerprint density at radius 1 is 1.00 bits per heavy atom. The summed E-state index contributed by atoms with van der Waals surface area (Å²) in [5.41, 5.74) is 5.29. The minimum atomic E-state index is -0.455. The zero-order valence-corrected chi connectivity index (χ0v) is 12.5. The van der Waals surface area contributed by atoms with Crippen LogP contribution in [-0.2, 0) is 12.8 Å². The predicted octanol–water partition coefficient (Wildman–Crippen LogP) is 3.56. The number of aliphatic hydroxyl groups is 1. The normalized spacial score (nSPS) is 16.5. The van der Waals surface area contributed by atoms with Crippen LogP contribution >= 0.6 is 0 Å². The number of nitrogens with one attached hydrogen (secondary N) is 1. The molecule has 2 N–H and O–H groups in total.